The quantitative estimate of drug-likeness (QED) is 0.774. The van der Waals surface area contributed by atoms with Gasteiger partial charge in [-0.25, -0.2) is 0 Å². The van der Waals surface area contributed by atoms with Gasteiger partial charge in [0.05, 0.1) is 17.0 Å². The van der Waals surface area contributed by atoms with Crippen LogP contribution in [0.5, 0.6) is 5.75 Å². The van der Waals surface area contributed by atoms with Crippen molar-refractivity contribution in [2.75, 3.05) is 7.11 Å². The van der Waals surface area contributed by atoms with Crippen molar-refractivity contribution in [1.29, 1.82) is 0 Å². The van der Waals surface area contributed by atoms with Crippen LogP contribution in [-0.2, 0) is 0 Å². The average Bonchev–Trinajstić information content (AvgIpc) is 2.68. The number of benzene rings is 1. The van der Waals surface area contributed by atoms with Crippen LogP contribution in [0.25, 0.3) is 0 Å². The molecule has 0 aliphatic carbocycles. The van der Waals surface area contributed by atoms with Crippen molar-refractivity contribution >= 4 is 40.3 Å². The summed E-state index contributed by atoms with van der Waals surface area (Å²) in [5, 5.41) is 0. The number of methoxy groups -OCH3 is 1. The number of halogens is 2. The standard InChI is InChI=1S/C13H10Cl2O2S/c1-7-3-4-8(5-10(7)17-2)12(16)9-6-11(14)18-13(9)15/h3-6H,1-2H3. The first kappa shape index (κ1) is 13.4. The summed E-state index contributed by atoms with van der Waals surface area (Å²) in [5.74, 6) is 0.528. The van der Waals surface area contributed by atoms with Gasteiger partial charge in [-0.15, -0.1) is 11.3 Å². The molecule has 2 nitrogen and oxygen atoms in total. The minimum absolute atomic E-state index is 0.151. The molecule has 94 valence electrons. The summed E-state index contributed by atoms with van der Waals surface area (Å²) in [6.07, 6.45) is 0. The highest BCUT2D eigenvalue weighted by Crippen LogP contribution is 2.33. The van der Waals surface area contributed by atoms with E-state index in [1.54, 1.807) is 25.3 Å². The molecule has 0 aliphatic rings. The molecule has 1 heterocycles. The Hall–Kier alpha value is -1.03. The van der Waals surface area contributed by atoms with Crippen LogP contribution in [0.15, 0.2) is 24.3 Å². The molecule has 0 bridgehead atoms. The van der Waals surface area contributed by atoms with Crippen LogP contribution < -0.4 is 4.74 Å². The lowest BCUT2D eigenvalue weighted by molar-refractivity contribution is 0.103. The first-order valence-corrected chi connectivity index (χ1v) is 6.74. The van der Waals surface area contributed by atoms with Gasteiger partial charge in [0.1, 0.15) is 10.1 Å². The molecule has 0 fully saturated rings. The maximum atomic E-state index is 12.3. The molecule has 0 aliphatic heterocycles. The Balaban J connectivity index is 2.43. The zero-order valence-corrected chi connectivity index (χ0v) is 12.1. The molecule has 1 aromatic heterocycles. The van der Waals surface area contributed by atoms with E-state index in [2.05, 4.69) is 0 Å². The molecular weight excluding hydrogens is 291 g/mol. The fourth-order valence-electron chi connectivity index (χ4n) is 1.61. The van der Waals surface area contributed by atoms with E-state index in [9.17, 15) is 4.79 Å². The number of hydrogen-bond donors (Lipinski definition) is 0. The molecule has 1 aromatic carbocycles. The van der Waals surface area contributed by atoms with Crippen molar-refractivity contribution in [3.8, 4) is 5.75 Å². The molecule has 0 saturated carbocycles. The first-order valence-electron chi connectivity index (χ1n) is 5.17. The SMILES string of the molecule is COc1cc(C(=O)c2cc(Cl)sc2Cl)ccc1C. The predicted molar refractivity (Wildman–Crippen MR) is 75.5 cm³/mol. The number of thiophene rings is 1. The van der Waals surface area contributed by atoms with Crippen molar-refractivity contribution in [3.05, 3.63) is 49.6 Å². The third-order valence-corrected chi connectivity index (χ3v) is 4.06. The topological polar surface area (TPSA) is 26.3 Å². The molecule has 2 rings (SSSR count). The van der Waals surface area contributed by atoms with Crippen molar-refractivity contribution in [2.45, 2.75) is 6.92 Å². The van der Waals surface area contributed by atoms with Gasteiger partial charge < -0.3 is 4.74 Å². The van der Waals surface area contributed by atoms with Gasteiger partial charge in [0.15, 0.2) is 5.78 Å². The van der Waals surface area contributed by atoms with Crippen LogP contribution in [0.3, 0.4) is 0 Å². The summed E-state index contributed by atoms with van der Waals surface area (Å²) in [6.45, 7) is 1.92. The van der Waals surface area contributed by atoms with Gasteiger partial charge in [-0.05, 0) is 24.6 Å². The smallest absolute Gasteiger partial charge is 0.195 e. The Morgan fingerprint density at radius 3 is 2.56 bits per heavy atom. The molecule has 0 radical (unpaired) electrons. The Morgan fingerprint density at radius 1 is 1.28 bits per heavy atom. The molecule has 5 heteroatoms. The number of hydrogen-bond acceptors (Lipinski definition) is 3. The van der Waals surface area contributed by atoms with Gasteiger partial charge in [-0.1, -0.05) is 35.3 Å². The second kappa shape index (κ2) is 5.31. The number of carbonyl (C=O) groups excluding carboxylic acids is 1. The average molecular weight is 301 g/mol. The molecule has 0 unspecified atom stereocenters. The van der Waals surface area contributed by atoms with E-state index in [-0.39, 0.29) is 5.78 Å². The number of ketones is 1. The van der Waals surface area contributed by atoms with Crippen LogP contribution in [0, 0.1) is 6.92 Å². The fourth-order valence-corrected chi connectivity index (χ4v) is 3.07. The molecule has 2 aromatic rings. The maximum absolute atomic E-state index is 12.3. The van der Waals surface area contributed by atoms with Crippen LogP contribution in [0.2, 0.25) is 8.67 Å². The summed E-state index contributed by atoms with van der Waals surface area (Å²) in [6, 6.07) is 6.89. The van der Waals surface area contributed by atoms with E-state index in [1.165, 1.54) is 11.3 Å². The second-order valence-electron chi connectivity index (χ2n) is 3.75. The highest BCUT2D eigenvalue weighted by molar-refractivity contribution is 7.20. The molecule has 0 atom stereocenters. The summed E-state index contributed by atoms with van der Waals surface area (Å²) >= 11 is 13.0. The van der Waals surface area contributed by atoms with Gasteiger partial charge >= 0.3 is 0 Å². The lowest BCUT2D eigenvalue weighted by Gasteiger charge is -2.06. The van der Waals surface area contributed by atoms with E-state index < -0.39 is 0 Å². The van der Waals surface area contributed by atoms with E-state index >= 15 is 0 Å². The summed E-state index contributed by atoms with van der Waals surface area (Å²) < 4.78 is 6.11. The number of ether oxygens (including phenoxy) is 1. The number of aryl methyl sites for hydroxylation is 1. The minimum Gasteiger partial charge on any atom is -0.496 e. The summed E-state index contributed by atoms with van der Waals surface area (Å²) in [7, 11) is 1.57. The van der Waals surface area contributed by atoms with E-state index in [1.807, 2.05) is 13.0 Å². The summed E-state index contributed by atoms with van der Waals surface area (Å²) in [5.41, 5.74) is 1.94. The maximum Gasteiger partial charge on any atom is 0.195 e. The number of carbonyl (C=O) groups is 1. The van der Waals surface area contributed by atoms with Crippen LogP contribution in [0.1, 0.15) is 21.5 Å². The van der Waals surface area contributed by atoms with Gasteiger partial charge in [-0.3, -0.25) is 4.79 Å². The van der Waals surface area contributed by atoms with Gasteiger partial charge in [-0.2, -0.15) is 0 Å². The monoisotopic (exact) mass is 300 g/mol. The van der Waals surface area contributed by atoms with Crippen LogP contribution in [0.4, 0.5) is 0 Å². The molecule has 0 spiro atoms. The third-order valence-electron chi connectivity index (χ3n) is 2.57. The Bertz CT molecular complexity index is 605. The molecular formula is C13H10Cl2O2S. The minimum atomic E-state index is -0.151. The van der Waals surface area contributed by atoms with Crippen molar-refractivity contribution in [1.82, 2.24) is 0 Å². The highest BCUT2D eigenvalue weighted by Gasteiger charge is 2.17. The second-order valence-corrected chi connectivity index (χ2v) is 6.04. The molecule has 18 heavy (non-hydrogen) atoms. The van der Waals surface area contributed by atoms with E-state index in [0.717, 1.165) is 5.56 Å². The molecule has 0 amide bonds. The van der Waals surface area contributed by atoms with Crippen molar-refractivity contribution < 1.29 is 9.53 Å². The predicted octanol–water partition coefficient (Wildman–Crippen LogP) is 4.60. The van der Waals surface area contributed by atoms with Crippen LogP contribution >= 0.6 is 34.5 Å². The fraction of sp³-hybridized carbons (Fsp3) is 0.154. The Morgan fingerprint density at radius 2 is 2.00 bits per heavy atom. The normalized spacial score (nSPS) is 10.4. The lowest BCUT2D eigenvalue weighted by Crippen LogP contribution is -2.01. The third kappa shape index (κ3) is 2.53. The highest BCUT2D eigenvalue weighted by atomic mass is 35.5. The van der Waals surface area contributed by atoms with Crippen molar-refractivity contribution in [3.63, 3.8) is 0 Å². The first-order chi connectivity index (χ1) is 8.52. The van der Waals surface area contributed by atoms with Gasteiger partial charge in [0.25, 0.3) is 0 Å². The largest absolute Gasteiger partial charge is 0.496 e. The zero-order valence-electron chi connectivity index (χ0n) is 9.79. The molecule has 0 N–H and O–H groups in total. The lowest BCUT2D eigenvalue weighted by atomic mass is 10.0. The van der Waals surface area contributed by atoms with E-state index in [4.69, 9.17) is 27.9 Å². The van der Waals surface area contributed by atoms with Crippen LogP contribution in [-0.4, -0.2) is 12.9 Å². The number of rotatable bonds is 3. The molecule has 0 saturated heterocycles. The zero-order chi connectivity index (χ0) is 13.3. The van der Waals surface area contributed by atoms with Gasteiger partial charge in [0, 0.05) is 5.56 Å². The Labute approximate surface area is 119 Å². The Kier molecular flexibility index (Phi) is 3.95. The van der Waals surface area contributed by atoms with E-state index in [0.29, 0.717) is 25.5 Å². The van der Waals surface area contributed by atoms with Crippen molar-refractivity contribution in [2.24, 2.45) is 0 Å². The van der Waals surface area contributed by atoms with Gasteiger partial charge in [0.2, 0.25) is 0 Å². The summed E-state index contributed by atoms with van der Waals surface area (Å²) in [4.78, 5) is 12.3.